The van der Waals surface area contributed by atoms with E-state index in [2.05, 4.69) is 62.4 Å². The van der Waals surface area contributed by atoms with E-state index in [4.69, 9.17) is 0 Å². The van der Waals surface area contributed by atoms with Gasteiger partial charge in [0.1, 0.15) is 0 Å². The molecule has 2 fully saturated rings. The quantitative estimate of drug-likeness (QED) is 0.339. The van der Waals surface area contributed by atoms with Crippen molar-refractivity contribution in [3.63, 3.8) is 0 Å². The van der Waals surface area contributed by atoms with Gasteiger partial charge in [0.25, 0.3) is 0 Å². The van der Waals surface area contributed by atoms with Crippen molar-refractivity contribution in [1.82, 2.24) is 0 Å². The Hall–Kier alpha value is 0.380. The average Bonchev–Trinajstić information content (AvgIpc) is 3.17. The van der Waals surface area contributed by atoms with E-state index in [0.29, 0.717) is 0 Å². The van der Waals surface area contributed by atoms with Gasteiger partial charge in [-0.15, -0.1) is 37.1 Å². The Bertz CT molecular complexity index is 401. The Morgan fingerprint density at radius 3 is 1.54 bits per heavy atom. The number of halogens is 2. The summed E-state index contributed by atoms with van der Waals surface area (Å²) in [6.45, 7) is 4.42. The van der Waals surface area contributed by atoms with Gasteiger partial charge in [0.05, 0.1) is 0 Å². The molecule has 0 bridgehead atoms. The van der Waals surface area contributed by atoms with E-state index in [9.17, 15) is 0 Å². The first-order valence-electron chi connectivity index (χ1n) is 8.49. The third-order valence-corrected chi connectivity index (χ3v) is 4.42. The fourth-order valence-electron chi connectivity index (χ4n) is 3.33. The zero-order valence-corrected chi connectivity index (χ0v) is 20.0. The smallest absolute Gasteiger partial charge is 1.00 e. The van der Waals surface area contributed by atoms with Crippen LogP contribution < -0.4 is 24.8 Å². The summed E-state index contributed by atoms with van der Waals surface area (Å²) in [4.78, 5) is 0. The van der Waals surface area contributed by atoms with Gasteiger partial charge in [-0.05, 0) is 24.7 Å². The van der Waals surface area contributed by atoms with Crippen LogP contribution in [0.4, 0.5) is 0 Å². The van der Waals surface area contributed by atoms with Crippen molar-refractivity contribution in [3.05, 3.63) is 60.4 Å². The molecule has 0 N–H and O–H groups in total. The van der Waals surface area contributed by atoms with E-state index in [1.807, 2.05) is 0 Å². The van der Waals surface area contributed by atoms with Gasteiger partial charge in [-0.1, -0.05) is 25.9 Å². The van der Waals surface area contributed by atoms with E-state index in [0.717, 1.165) is 21.4 Å². The van der Waals surface area contributed by atoms with Crippen molar-refractivity contribution in [1.29, 1.82) is 0 Å². The van der Waals surface area contributed by atoms with Crippen molar-refractivity contribution in [3.8, 4) is 0 Å². The van der Waals surface area contributed by atoms with Gasteiger partial charge in [0, 0.05) is 9.52 Å². The maximum Gasteiger partial charge on any atom is 4.00 e. The molecule has 4 rings (SSSR count). The maximum absolute atomic E-state index is 2.37. The summed E-state index contributed by atoms with van der Waals surface area (Å²) in [5.74, 6) is 1.77. The summed E-state index contributed by atoms with van der Waals surface area (Å²) in [6.07, 6.45) is 26.1. The van der Waals surface area contributed by atoms with E-state index in [1.165, 1.54) is 38.5 Å². The van der Waals surface area contributed by atoms with E-state index < -0.39 is 0 Å². The van der Waals surface area contributed by atoms with E-state index in [1.54, 1.807) is 11.1 Å². The standard InChI is InChI=1S/2C9H11.C2H7Si.2ClH.Zr/c2*1-2-5-9-7-3-6-8(9)4-1;1-3-2;;;/h2*1-2,4,6,9H,3,5,7H2;3H,1-2H3;2*1H;/q2*-1;;;;+4/p-2. The SMILES string of the molecule is C1=CCC2CC[CH-]C2=C1.C1=CCC2CC[CH-]C2=C1.C[SiH]C.[Cl-].[Cl-].[Zr+4]. The van der Waals surface area contributed by atoms with Crippen molar-refractivity contribution in [2.24, 2.45) is 11.8 Å². The number of fused-ring (bicyclic) bond motifs is 2. The average molecular weight is 460 g/mol. The molecule has 0 nitrogen and oxygen atoms in total. The minimum Gasteiger partial charge on any atom is -1.00 e. The summed E-state index contributed by atoms with van der Waals surface area (Å²) in [7, 11) is 0.750. The predicted octanol–water partition coefficient (Wildman–Crippen LogP) is -0.501. The zero-order chi connectivity index (χ0) is 14.9. The summed E-state index contributed by atoms with van der Waals surface area (Å²) in [6, 6.07) is 0. The molecular formula is C20H29Cl2SiZr. The first-order valence-corrected chi connectivity index (χ1v) is 10.8. The first-order chi connectivity index (χ1) is 10.3. The van der Waals surface area contributed by atoms with Crippen LogP contribution in [0.15, 0.2) is 47.6 Å². The van der Waals surface area contributed by atoms with Gasteiger partial charge in [-0.25, -0.2) is 36.1 Å². The van der Waals surface area contributed by atoms with Crippen LogP contribution in [0.3, 0.4) is 0 Å². The first kappa shape index (κ1) is 26.6. The van der Waals surface area contributed by atoms with Crippen LogP contribution in [-0.2, 0) is 26.2 Å². The molecule has 0 aromatic rings. The van der Waals surface area contributed by atoms with Crippen molar-refractivity contribution < 1.29 is 51.0 Å². The van der Waals surface area contributed by atoms with E-state index >= 15 is 0 Å². The van der Waals surface area contributed by atoms with Gasteiger partial charge in [0.2, 0.25) is 0 Å². The largest absolute Gasteiger partial charge is 4.00 e. The Labute approximate surface area is 183 Å². The molecule has 4 aliphatic rings. The van der Waals surface area contributed by atoms with Gasteiger partial charge in [-0.2, -0.15) is 0 Å². The predicted molar refractivity (Wildman–Crippen MR) is 96.6 cm³/mol. The molecule has 1 radical (unpaired) electrons. The fraction of sp³-hybridized carbons (Fsp3) is 0.500. The second kappa shape index (κ2) is 15.6. The molecule has 4 aliphatic carbocycles. The number of rotatable bonds is 0. The van der Waals surface area contributed by atoms with Crippen LogP contribution in [0.2, 0.25) is 13.1 Å². The number of allylic oxidation sites excluding steroid dienone is 8. The minimum atomic E-state index is 0. The number of hydrogen-bond donors (Lipinski definition) is 0. The molecule has 24 heavy (non-hydrogen) atoms. The van der Waals surface area contributed by atoms with E-state index in [-0.39, 0.29) is 51.0 Å². The Morgan fingerprint density at radius 1 is 0.833 bits per heavy atom. The molecule has 0 heterocycles. The Morgan fingerprint density at radius 2 is 1.21 bits per heavy atom. The molecule has 0 aromatic heterocycles. The Balaban J connectivity index is 0. The van der Waals surface area contributed by atoms with Crippen LogP contribution in [0, 0.1) is 24.7 Å². The molecule has 2 unspecified atom stereocenters. The van der Waals surface area contributed by atoms with Gasteiger partial charge in [0.15, 0.2) is 0 Å². The van der Waals surface area contributed by atoms with Crippen LogP contribution in [0.5, 0.6) is 0 Å². The van der Waals surface area contributed by atoms with Crippen LogP contribution in [-0.4, -0.2) is 9.52 Å². The Kier molecular flexibility index (Phi) is 17.3. The monoisotopic (exact) mass is 457 g/mol. The molecule has 0 spiro atoms. The summed E-state index contributed by atoms with van der Waals surface area (Å²) < 4.78 is 0. The number of hydrogen-bond acceptors (Lipinski definition) is 0. The topological polar surface area (TPSA) is 0 Å². The molecule has 4 heteroatoms. The fourth-order valence-corrected chi connectivity index (χ4v) is 3.33. The van der Waals surface area contributed by atoms with Crippen LogP contribution in [0.25, 0.3) is 0 Å². The van der Waals surface area contributed by atoms with Crippen molar-refractivity contribution >= 4 is 9.52 Å². The summed E-state index contributed by atoms with van der Waals surface area (Å²) in [5.41, 5.74) is 3.16. The molecule has 2 saturated carbocycles. The van der Waals surface area contributed by atoms with Gasteiger partial charge in [-0.3, -0.25) is 0 Å². The summed E-state index contributed by atoms with van der Waals surface area (Å²) in [5, 5.41) is 0. The van der Waals surface area contributed by atoms with Gasteiger partial charge < -0.3 is 24.8 Å². The van der Waals surface area contributed by atoms with Gasteiger partial charge >= 0.3 is 26.2 Å². The molecule has 0 aromatic carbocycles. The van der Waals surface area contributed by atoms with Crippen molar-refractivity contribution in [2.75, 3.05) is 0 Å². The van der Waals surface area contributed by atoms with Crippen LogP contribution in [0.1, 0.15) is 38.5 Å². The molecule has 2 atom stereocenters. The zero-order valence-electron chi connectivity index (χ0n) is 14.8. The normalized spacial score (nSPS) is 24.1. The van der Waals surface area contributed by atoms with Crippen LogP contribution >= 0.6 is 0 Å². The molecular weight excluding hydrogens is 430 g/mol. The molecule has 131 valence electrons. The third kappa shape index (κ3) is 8.65. The molecule has 0 aliphatic heterocycles. The van der Waals surface area contributed by atoms with Crippen molar-refractivity contribution in [2.45, 2.75) is 51.6 Å². The summed E-state index contributed by atoms with van der Waals surface area (Å²) >= 11 is 0. The molecule has 0 saturated heterocycles. The second-order valence-electron chi connectivity index (χ2n) is 6.20. The molecule has 0 amide bonds. The maximum atomic E-state index is 2.37. The second-order valence-corrected chi connectivity index (χ2v) is 7.35. The minimum absolute atomic E-state index is 0. The third-order valence-electron chi connectivity index (χ3n) is 4.42.